The molecule has 0 spiro atoms. The Labute approximate surface area is 163 Å². The predicted octanol–water partition coefficient (Wildman–Crippen LogP) is 1.79. The first-order valence-electron chi connectivity index (χ1n) is 10.3. The molecule has 7 nitrogen and oxygen atoms in total. The number of rotatable bonds is 4. The predicted molar refractivity (Wildman–Crippen MR) is 106 cm³/mol. The summed E-state index contributed by atoms with van der Waals surface area (Å²) in [6.45, 7) is 2.56. The van der Waals surface area contributed by atoms with E-state index in [2.05, 4.69) is 20.2 Å². The number of hydrogen-bond donors (Lipinski definition) is 2. The molecule has 5 rings (SSSR count). The molecule has 1 aliphatic carbocycles. The van der Waals surface area contributed by atoms with Crippen LogP contribution in [-0.4, -0.2) is 40.5 Å². The van der Waals surface area contributed by atoms with Crippen molar-refractivity contribution in [1.29, 1.82) is 0 Å². The number of anilines is 1. The zero-order valence-electron chi connectivity index (χ0n) is 15.9. The standard InChI is InChI=1S/C21H25N5O2/c27-17-4-1-14(12-23-17)11-13-6-9-26(10-7-13)20-16-5-8-22-21(28)18(16)24-19(25-20)15-2-3-15/h1,4,12-13,15H,2-3,5-11H2,(H,22,28)(H,23,27). The van der Waals surface area contributed by atoms with Crippen LogP contribution in [0.15, 0.2) is 23.1 Å². The van der Waals surface area contributed by atoms with Crippen molar-refractivity contribution in [3.05, 3.63) is 51.3 Å². The van der Waals surface area contributed by atoms with Gasteiger partial charge in [-0.05, 0) is 50.0 Å². The van der Waals surface area contributed by atoms with Crippen LogP contribution in [0.3, 0.4) is 0 Å². The van der Waals surface area contributed by atoms with E-state index in [1.54, 1.807) is 6.07 Å². The van der Waals surface area contributed by atoms with Crippen molar-refractivity contribution in [1.82, 2.24) is 20.3 Å². The third-order valence-electron chi connectivity index (χ3n) is 6.11. The van der Waals surface area contributed by atoms with Crippen LogP contribution in [0, 0.1) is 5.92 Å². The summed E-state index contributed by atoms with van der Waals surface area (Å²) in [5.74, 6) is 2.81. The average Bonchev–Trinajstić information content (AvgIpc) is 3.56. The van der Waals surface area contributed by atoms with Crippen molar-refractivity contribution in [2.24, 2.45) is 5.92 Å². The van der Waals surface area contributed by atoms with Crippen LogP contribution in [0.25, 0.3) is 0 Å². The Bertz CT molecular complexity index is 937. The lowest BCUT2D eigenvalue weighted by atomic mass is 9.90. The van der Waals surface area contributed by atoms with Gasteiger partial charge in [-0.3, -0.25) is 9.59 Å². The third-order valence-corrected chi connectivity index (χ3v) is 6.11. The molecule has 4 heterocycles. The van der Waals surface area contributed by atoms with E-state index in [-0.39, 0.29) is 11.5 Å². The highest BCUT2D eigenvalue weighted by Crippen LogP contribution is 2.40. The van der Waals surface area contributed by atoms with Gasteiger partial charge in [-0.2, -0.15) is 0 Å². The molecule has 2 aromatic heterocycles. The molecular weight excluding hydrogens is 354 g/mol. The molecule has 1 amide bonds. The van der Waals surface area contributed by atoms with Crippen LogP contribution in [-0.2, 0) is 12.8 Å². The van der Waals surface area contributed by atoms with E-state index in [0.717, 1.165) is 68.8 Å². The second kappa shape index (κ2) is 7.04. The Kier molecular flexibility index (Phi) is 4.37. The van der Waals surface area contributed by atoms with Crippen LogP contribution in [0.2, 0.25) is 0 Å². The van der Waals surface area contributed by atoms with Crippen molar-refractivity contribution < 1.29 is 4.79 Å². The lowest BCUT2D eigenvalue weighted by Crippen LogP contribution is -2.39. The average molecular weight is 379 g/mol. The number of hydrogen-bond acceptors (Lipinski definition) is 5. The normalized spacial score (nSPS) is 20.0. The zero-order chi connectivity index (χ0) is 19.1. The molecule has 7 heteroatoms. The largest absolute Gasteiger partial charge is 0.356 e. The number of piperidine rings is 1. The molecule has 0 radical (unpaired) electrons. The smallest absolute Gasteiger partial charge is 0.270 e. The van der Waals surface area contributed by atoms with E-state index in [0.29, 0.717) is 24.1 Å². The van der Waals surface area contributed by atoms with Crippen LogP contribution >= 0.6 is 0 Å². The topological polar surface area (TPSA) is 91.0 Å². The number of aromatic amines is 1. The summed E-state index contributed by atoms with van der Waals surface area (Å²) in [5, 5.41) is 2.92. The number of aromatic nitrogens is 3. The van der Waals surface area contributed by atoms with Gasteiger partial charge in [0.25, 0.3) is 5.91 Å². The quantitative estimate of drug-likeness (QED) is 0.845. The summed E-state index contributed by atoms with van der Waals surface area (Å²) in [7, 11) is 0. The fourth-order valence-electron chi connectivity index (χ4n) is 4.33. The Hall–Kier alpha value is -2.70. The molecule has 1 saturated carbocycles. The van der Waals surface area contributed by atoms with Gasteiger partial charge in [-0.25, -0.2) is 9.97 Å². The summed E-state index contributed by atoms with van der Waals surface area (Å²) in [6, 6.07) is 3.52. The summed E-state index contributed by atoms with van der Waals surface area (Å²) < 4.78 is 0. The van der Waals surface area contributed by atoms with Gasteiger partial charge >= 0.3 is 0 Å². The first-order valence-corrected chi connectivity index (χ1v) is 10.3. The Morgan fingerprint density at radius 2 is 1.89 bits per heavy atom. The van der Waals surface area contributed by atoms with Gasteiger partial charge in [0.05, 0.1) is 0 Å². The van der Waals surface area contributed by atoms with Crippen molar-refractivity contribution in [3.8, 4) is 0 Å². The van der Waals surface area contributed by atoms with Crippen molar-refractivity contribution in [3.63, 3.8) is 0 Å². The van der Waals surface area contributed by atoms with Gasteiger partial charge in [0.15, 0.2) is 0 Å². The van der Waals surface area contributed by atoms with Gasteiger partial charge in [0.2, 0.25) is 5.56 Å². The maximum atomic E-state index is 12.3. The summed E-state index contributed by atoms with van der Waals surface area (Å²) >= 11 is 0. The first kappa shape index (κ1) is 17.4. The van der Waals surface area contributed by atoms with E-state index in [4.69, 9.17) is 4.98 Å². The van der Waals surface area contributed by atoms with Gasteiger partial charge in [-0.15, -0.1) is 0 Å². The fraction of sp³-hybridized carbons (Fsp3) is 0.524. The molecule has 2 N–H and O–H groups in total. The number of carbonyl (C=O) groups excluding carboxylic acids is 1. The molecule has 0 aromatic carbocycles. The van der Waals surface area contributed by atoms with E-state index in [1.165, 1.54) is 5.56 Å². The second-order valence-corrected chi connectivity index (χ2v) is 8.21. The molecule has 1 saturated heterocycles. The molecule has 0 bridgehead atoms. The third kappa shape index (κ3) is 3.41. The SMILES string of the molecule is O=C1NCCc2c1nc(C1CC1)nc2N1CCC(Cc2ccc(=O)[nH]c2)CC1. The Balaban J connectivity index is 1.34. The van der Waals surface area contributed by atoms with E-state index in [1.807, 2.05) is 12.3 Å². The van der Waals surface area contributed by atoms with Gasteiger partial charge in [0, 0.05) is 43.4 Å². The molecule has 0 atom stereocenters. The number of H-pyrrole nitrogens is 1. The van der Waals surface area contributed by atoms with Crippen molar-refractivity contribution in [2.45, 2.75) is 44.4 Å². The fourth-order valence-corrected chi connectivity index (χ4v) is 4.33. The molecule has 3 aliphatic rings. The van der Waals surface area contributed by atoms with E-state index >= 15 is 0 Å². The number of pyridine rings is 1. The number of amides is 1. The molecule has 2 fully saturated rings. The lowest BCUT2D eigenvalue weighted by Gasteiger charge is -2.35. The molecule has 28 heavy (non-hydrogen) atoms. The molecule has 2 aliphatic heterocycles. The maximum Gasteiger partial charge on any atom is 0.270 e. The highest BCUT2D eigenvalue weighted by Gasteiger charge is 2.33. The van der Waals surface area contributed by atoms with Crippen LogP contribution in [0.4, 0.5) is 5.82 Å². The minimum atomic E-state index is -0.0558. The van der Waals surface area contributed by atoms with Crippen LogP contribution < -0.4 is 15.8 Å². The Morgan fingerprint density at radius 3 is 2.61 bits per heavy atom. The summed E-state index contributed by atoms with van der Waals surface area (Å²) in [4.78, 5) is 38.2. The number of carbonyl (C=O) groups is 1. The zero-order valence-corrected chi connectivity index (χ0v) is 15.9. The van der Waals surface area contributed by atoms with Crippen LogP contribution in [0.1, 0.15) is 59.0 Å². The van der Waals surface area contributed by atoms with Gasteiger partial charge < -0.3 is 15.2 Å². The van der Waals surface area contributed by atoms with Crippen LogP contribution in [0.5, 0.6) is 0 Å². The van der Waals surface area contributed by atoms with Gasteiger partial charge in [0.1, 0.15) is 17.3 Å². The highest BCUT2D eigenvalue weighted by atomic mass is 16.2. The number of nitrogens with zero attached hydrogens (tertiary/aromatic N) is 3. The van der Waals surface area contributed by atoms with Crippen molar-refractivity contribution in [2.75, 3.05) is 24.5 Å². The monoisotopic (exact) mass is 379 g/mol. The molecule has 2 aromatic rings. The number of fused-ring (bicyclic) bond motifs is 1. The molecule has 0 unspecified atom stereocenters. The minimum Gasteiger partial charge on any atom is -0.356 e. The summed E-state index contributed by atoms with van der Waals surface area (Å²) in [5.41, 5.74) is 2.74. The summed E-state index contributed by atoms with van der Waals surface area (Å²) in [6.07, 6.45) is 8.05. The van der Waals surface area contributed by atoms with Crippen molar-refractivity contribution >= 4 is 11.7 Å². The second-order valence-electron chi connectivity index (χ2n) is 8.21. The Morgan fingerprint density at radius 1 is 1.07 bits per heavy atom. The minimum absolute atomic E-state index is 0.0531. The number of nitrogens with one attached hydrogen (secondary N) is 2. The molecule has 146 valence electrons. The molecular formula is C21H25N5O2. The van der Waals surface area contributed by atoms with E-state index in [9.17, 15) is 9.59 Å². The highest BCUT2D eigenvalue weighted by molar-refractivity contribution is 5.96. The first-order chi connectivity index (χ1) is 13.7. The maximum absolute atomic E-state index is 12.3. The lowest BCUT2D eigenvalue weighted by molar-refractivity contribution is 0.0940. The van der Waals surface area contributed by atoms with E-state index < -0.39 is 0 Å². The van der Waals surface area contributed by atoms with Gasteiger partial charge in [-0.1, -0.05) is 6.07 Å².